The number of nitrogens with one attached hydrogen (secondary N) is 2. The lowest BCUT2D eigenvalue weighted by molar-refractivity contribution is -0.148. The highest BCUT2D eigenvalue weighted by Crippen LogP contribution is 2.52. The maximum atomic E-state index is 13.7. The number of hydrogen-bond acceptors (Lipinski definition) is 5. The molecule has 7 heteroatoms. The standard InChI is InChI=1S/C29H21N3O4/c33-24-18-10-7-15-21(24)27(34)31-32-25(19-11-3-1-4-12-19)26(20-13-5-2-6-14-20)36-29(32)22-16-8-9-17-23(22)30-28(29)35/h1-18,33H,(H,30,35)(H,31,34). The van der Waals surface area contributed by atoms with Crippen LogP contribution in [0.15, 0.2) is 109 Å². The van der Waals surface area contributed by atoms with Crippen molar-refractivity contribution in [3.63, 3.8) is 0 Å². The number of hydrazine groups is 1. The molecular formula is C29H21N3O4. The van der Waals surface area contributed by atoms with Gasteiger partial charge in [0.1, 0.15) is 11.4 Å². The van der Waals surface area contributed by atoms with E-state index in [9.17, 15) is 14.7 Å². The Morgan fingerprint density at radius 1 is 0.806 bits per heavy atom. The lowest BCUT2D eigenvalue weighted by Crippen LogP contribution is -2.55. The van der Waals surface area contributed by atoms with Gasteiger partial charge in [-0.15, -0.1) is 0 Å². The summed E-state index contributed by atoms with van der Waals surface area (Å²) in [5, 5.41) is 14.7. The molecule has 1 spiro atoms. The van der Waals surface area contributed by atoms with Crippen molar-refractivity contribution in [2.24, 2.45) is 0 Å². The molecule has 0 aromatic heterocycles. The number of ether oxygens (including phenoxy) is 1. The first-order chi connectivity index (χ1) is 17.6. The summed E-state index contributed by atoms with van der Waals surface area (Å²) in [6.07, 6.45) is 0. The SMILES string of the molecule is O=C(NN1C(c2ccccc2)=C(c2ccccc2)OC12C(=O)Nc1ccccc12)c1ccccc1O. The number of phenols is 1. The van der Waals surface area contributed by atoms with Gasteiger partial charge in [0.15, 0.2) is 5.76 Å². The normalized spacial score (nSPS) is 18.1. The van der Waals surface area contributed by atoms with Crippen molar-refractivity contribution in [2.75, 3.05) is 5.32 Å². The van der Waals surface area contributed by atoms with Gasteiger partial charge in [0.25, 0.3) is 11.8 Å². The lowest BCUT2D eigenvalue weighted by atomic mass is 10.0. The number of hydrogen-bond donors (Lipinski definition) is 3. The van der Waals surface area contributed by atoms with Crippen molar-refractivity contribution in [3.8, 4) is 5.75 Å². The zero-order chi connectivity index (χ0) is 24.7. The molecule has 36 heavy (non-hydrogen) atoms. The molecular weight excluding hydrogens is 454 g/mol. The fourth-order valence-corrected chi connectivity index (χ4v) is 4.64. The number of aromatic hydroxyl groups is 1. The molecule has 176 valence electrons. The van der Waals surface area contributed by atoms with Gasteiger partial charge in [-0.1, -0.05) is 91.0 Å². The van der Waals surface area contributed by atoms with E-state index in [1.807, 2.05) is 72.8 Å². The third-order valence-corrected chi connectivity index (χ3v) is 6.30. The van der Waals surface area contributed by atoms with Crippen molar-refractivity contribution >= 4 is 29.0 Å². The third kappa shape index (κ3) is 3.21. The highest BCUT2D eigenvalue weighted by Gasteiger charge is 2.60. The molecule has 0 bridgehead atoms. The maximum Gasteiger partial charge on any atom is 0.308 e. The van der Waals surface area contributed by atoms with Gasteiger partial charge >= 0.3 is 5.72 Å². The molecule has 2 aliphatic rings. The van der Waals surface area contributed by atoms with Crippen LogP contribution in [0.2, 0.25) is 0 Å². The summed E-state index contributed by atoms with van der Waals surface area (Å²) in [7, 11) is 0. The Kier molecular flexibility index (Phi) is 4.97. The van der Waals surface area contributed by atoms with Gasteiger partial charge in [0.05, 0.1) is 16.8 Å². The number of para-hydroxylation sites is 2. The van der Waals surface area contributed by atoms with Crippen LogP contribution in [0.1, 0.15) is 27.0 Å². The summed E-state index contributed by atoms with van der Waals surface area (Å²) < 4.78 is 6.60. The van der Waals surface area contributed by atoms with E-state index in [2.05, 4.69) is 10.7 Å². The molecule has 6 rings (SSSR count). The van der Waals surface area contributed by atoms with E-state index in [4.69, 9.17) is 4.74 Å². The van der Waals surface area contributed by atoms with E-state index in [0.717, 1.165) is 11.1 Å². The van der Waals surface area contributed by atoms with Crippen LogP contribution >= 0.6 is 0 Å². The van der Waals surface area contributed by atoms with Gasteiger partial charge in [-0.3, -0.25) is 15.0 Å². The molecule has 4 aromatic carbocycles. The second kappa shape index (κ2) is 8.32. The van der Waals surface area contributed by atoms with Crippen LogP contribution in [0.3, 0.4) is 0 Å². The molecule has 2 heterocycles. The van der Waals surface area contributed by atoms with Crippen molar-refractivity contribution in [1.29, 1.82) is 0 Å². The van der Waals surface area contributed by atoms with E-state index in [1.165, 1.54) is 17.1 Å². The fraction of sp³-hybridized carbons (Fsp3) is 0.0345. The first-order valence-corrected chi connectivity index (χ1v) is 11.4. The van der Waals surface area contributed by atoms with Crippen LogP contribution in [-0.4, -0.2) is 21.9 Å². The number of phenolic OH excluding ortho intramolecular Hbond substituents is 1. The molecule has 0 saturated carbocycles. The second-order valence-electron chi connectivity index (χ2n) is 8.45. The van der Waals surface area contributed by atoms with Crippen LogP contribution in [0.25, 0.3) is 11.5 Å². The lowest BCUT2D eigenvalue weighted by Gasteiger charge is -2.34. The average molecular weight is 476 g/mol. The second-order valence-corrected chi connectivity index (χ2v) is 8.45. The highest BCUT2D eigenvalue weighted by atomic mass is 16.5. The largest absolute Gasteiger partial charge is 0.507 e. The van der Waals surface area contributed by atoms with Crippen LogP contribution in [0.4, 0.5) is 5.69 Å². The summed E-state index contributed by atoms with van der Waals surface area (Å²) in [6, 6.07) is 32.3. The van der Waals surface area contributed by atoms with Gasteiger partial charge in [0, 0.05) is 11.1 Å². The van der Waals surface area contributed by atoms with Gasteiger partial charge in [-0.05, 0) is 18.2 Å². The van der Waals surface area contributed by atoms with E-state index in [-0.39, 0.29) is 11.3 Å². The minimum absolute atomic E-state index is 0.0694. The third-order valence-electron chi connectivity index (χ3n) is 6.30. The first kappa shape index (κ1) is 21.5. The molecule has 0 radical (unpaired) electrons. The number of anilines is 1. The summed E-state index contributed by atoms with van der Waals surface area (Å²) in [5.41, 5.74) is 4.39. The minimum Gasteiger partial charge on any atom is -0.507 e. The average Bonchev–Trinajstić information content (AvgIpc) is 3.40. The highest BCUT2D eigenvalue weighted by molar-refractivity contribution is 6.09. The van der Waals surface area contributed by atoms with Gasteiger partial charge in [-0.25, -0.2) is 5.01 Å². The Bertz CT molecular complexity index is 1520. The van der Waals surface area contributed by atoms with Gasteiger partial charge in [0.2, 0.25) is 0 Å². The van der Waals surface area contributed by atoms with Crippen LogP contribution in [-0.2, 0) is 15.3 Å². The van der Waals surface area contributed by atoms with Crippen LogP contribution in [0, 0.1) is 0 Å². The van der Waals surface area contributed by atoms with E-state index in [0.29, 0.717) is 22.7 Å². The molecule has 0 saturated heterocycles. The van der Waals surface area contributed by atoms with Crippen LogP contribution in [0.5, 0.6) is 5.75 Å². The molecule has 7 nitrogen and oxygen atoms in total. The Hall–Kier alpha value is -5.04. The number of fused-ring (bicyclic) bond motifs is 2. The Labute approximate surface area is 207 Å². The number of benzene rings is 4. The maximum absolute atomic E-state index is 13.7. The number of carbonyl (C=O) groups is 2. The summed E-state index contributed by atoms with van der Waals surface area (Å²) in [4.78, 5) is 27.2. The molecule has 2 amide bonds. The van der Waals surface area contributed by atoms with E-state index in [1.54, 1.807) is 24.3 Å². The Morgan fingerprint density at radius 2 is 1.42 bits per heavy atom. The molecule has 1 unspecified atom stereocenters. The molecule has 3 N–H and O–H groups in total. The number of rotatable bonds is 4. The smallest absolute Gasteiger partial charge is 0.308 e. The van der Waals surface area contributed by atoms with E-state index >= 15 is 0 Å². The zero-order valence-corrected chi connectivity index (χ0v) is 19.0. The van der Waals surface area contributed by atoms with Crippen molar-refractivity contribution in [2.45, 2.75) is 5.72 Å². The molecule has 0 fully saturated rings. The molecule has 2 aliphatic heterocycles. The van der Waals surface area contributed by atoms with Gasteiger partial charge in [-0.2, -0.15) is 0 Å². The van der Waals surface area contributed by atoms with Crippen molar-refractivity contribution in [1.82, 2.24) is 10.4 Å². The van der Waals surface area contributed by atoms with Gasteiger partial charge < -0.3 is 15.2 Å². The van der Waals surface area contributed by atoms with Crippen molar-refractivity contribution < 1.29 is 19.4 Å². The molecule has 0 aliphatic carbocycles. The van der Waals surface area contributed by atoms with E-state index < -0.39 is 17.5 Å². The van der Waals surface area contributed by atoms with Crippen molar-refractivity contribution in [3.05, 3.63) is 131 Å². The topological polar surface area (TPSA) is 90.9 Å². The fourth-order valence-electron chi connectivity index (χ4n) is 4.64. The predicted octanol–water partition coefficient (Wildman–Crippen LogP) is 4.70. The Morgan fingerprint density at radius 3 is 2.14 bits per heavy atom. The number of amides is 2. The first-order valence-electron chi connectivity index (χ1n) is 11.4. The monoisotopic (exact) mass is 475 g/mol. The minimum atomic E-state index is -1.70. The molecule has 4 aromatic rings. The summed E-state index contributed by atoms with van der Waals surface area (Å²) in [6.45, 7) is 0. The number of nitrogens with zero attached hydrogens (tertiary/aromatic N) is 1. The molecule has 1 atom stereocenters. The van der Waals surface area contributed by atoms with Crippen LogP contribution < -0.4 is 10.7 Å². The Balaban J connectivity index is 1.59. The zero-order valence-electron chi connectivity index (χ0n) is 19.0. The summed E-state index contributed by atoms with van der Waals surface area (Å²) >= 11 is 0. The quantitative estimate of drug-likeness (QED) is 0.398. The summed E-state index contributed by atoms with van der Waals surface area (Å²) in [5.74, 6) is -0.767. The predicted molar refractivity (Wildman–Crippen MR) is 135 cm³/mol. The number of carbonyl (C=O) groups excluding carboxylic acids is 2.